The van der Waals surface area contributed by atoms with Crippen LogP contribution in [-0.2, 0) is 6.54 Å². The number of benzene rings is 3. The minimum atomic E-state index is -0.403. The van der Waals surface area contributed by atoms with Gasteiger partial charge in [-0.15, -0.1) is 0 Å². The van der Waals surface area contributed by atoms with Crippen molar-refractivity contribution in [2.75, 3.05) is 5.32 Å². The van der Waals surface area contributed by atoms with Crippen LogP contribution in [0.25, 0.3) is 11.4 Å². The molecule has 0 atom stereocenters. The smallest absolute Gasteiger partial charge is 0.255 e. The van der Waals surface area contributed by atoms with E-state index in [9.17, 15) is 14.0 Å². The Balaban J connectivity index is 1.36. The zero-order chi connectivity index (χ0) is 22.3. The molecule has 0 aliphatic heterocycles. The average molecular weight is 426 g/mol. The van der Waals surface area contributed by atoms with Crippen LogP contribution >= 0.6 is 0 Å². The zero-order valence-electron chi connectivity index (χ0n) is 17.0. The van der Waals surface area contributed by atoms with Crippen molar-refractivity contribution in [3.8, 4) is 11.4 Å². The van der Waals surface area contributed by atoms with Crippen LogP contribution in [-0.4, -0.2) is 21.8 Å². The van der Waals surface area contributed by atoms with Gasteiger partial charge >= 0.3 is 0 Å². The molecule has 3 aromatic carbocycles. The van der Waals surface area contributed by atoms with Crippen molar-refractivity contribution < 1.29 is 14.0 Å². The van der Waals surface area contributed by atoms with Crippen molar-refractivity contribution in [2.24, 2.45) is 0 Å². The van der Waals surface area contributed by atoms with Crippen LogP contribution in [0, 0.1) is 5.82 Å². The van der Waals surface area contributed by atoms with Crippen LogP contribution in [0.3, 0.4) is 0 Å². The Hall–Kier alpha value is -4.39. The summed E-state index contributed by atoms with van der Waals surface area (Å²) in [6, 6.07) is 21.9. The first-order valence-electron chi connectivity index (χ1n) is 9.90. The molecule has 0 bridgehead atoms. The van der Waals surface area contributed by atoms with Crippen LogP contribution < -0.4 is 10.6 Å². The van der Waals surface area contributed by atoms with Crippen molar-refractivity contribution in [2.45, 2.75) is 6.54 Å². The molecule has 0 spiro atoms. The minimum Gasteiger partial charge on any atom is -0.348 e. The SMILES string of the molecule is O=C(NCc1cccc(NC(=O)c2ccc(F)cc2)c1)c1cnc(-c2ccccc2)nc1. The van der Waals surface area contributed by atoms with Gasteiger partial charge < -0.3 is 10.6 Å². The highest BCUT2D eigenvalue weighted by atomic mass is 19.1. The highest BCUT2D eigenvalue weighted by Gasteiger charge is 2.09. The van der Waals surface area contributed by atoms with E-state index in [-0.39, 0.29) is 18.4 Å². The maximum absolute atomic E-state index is 13.0. The molecule has 2 N–H and O–H groups in total. The van der Waals surface area contributed by atoms with Gasteiger partial charge in [-0.2, -0.15) is 0 Å². The molecule has 158 valence electrons. The summed E-state index contributed by atoms with van der Waals surface area (Å²) in [5, 5.41) is 5.58. The number of amides is 2. The lowest BCUT2D eigenvalue weighted by atomic mass is 10.1. The van der Waals surface area contributed by atoms with E-state index in [1.165, 1.54) is 36.7 Å². The first-order valence-corrected chi connectivity index (χ1v) is 9.90. The largest absolute Gasteiger partial charge is 0.348 e. The number of aromatic nitrogens is 2. The van der Waals surface area contributed by atoms with Crippen LogP contribution in [0.1, 0.15) is 26.3 Å². The van der Waals surface area contributed by atoms with E-state index in [0.29, 0.717) is 22.6 Å². The van der Waals surface area contributed by atoms with E-state index >= 15 is 0 Å². The second kappa shape index (κ2) is 9.61. The van der Waals surface area contributed by atoms with Gasteiger partial charge in [0.25, 0.3) is 11.8 Å². The van der Waals surface area contributed by atoms with Crippen molar-refractivity contribution in [1.29, 1.82) is 0 Å². The van der Waals surface area contributed by atoms with Gasteiger partial charge in [0.15, 0.2) is 5.82 Å². The van der Waals surface area contributed by atoms with Crippen LogP contribution in [0.5, 0.6) is 0 Å². The molecule has 0 unspecified atom stereocenters. The topological polar surface area (TPSA) is 84.0 Å². The molecule has 1 aromatic heterocycles. The Morgan fingerprint density at radius 3 is 2.22 bits per heavy atom. The molecule has 0 aliphatic rings. The molecular formula is C25H19FN4O2. The first-order chi connectivity index (χ1) is 15.6. The quantitative estimate of drug-likeness (QED) is 0.477. The lowest BCUT2D eigenvalue weighted by molar-refractivity contribution is 0.0949. The molecule has 32 heavy (non-hydrogen) atoms. The number of hydrogen-bond donors (Lipinski definition) is 2. The second-order valence-corrected chi connectivity index (χ2v) is 7.01. The Kier molecular flexibility index (Phi) is 6.27. The maximum atomic E-state index is 13.0. The van der Waals surface area contributed by atoms with Crippen molar-refractivity contribution in [1.82, 2.24) is 15.3 Å². The van der Waals surface area contributed by atoms with E-state index in [2.05, 4.69) is 20.6 Å². The highest BCUT2D eigenvalue weighted by molar-refractivity contribution is 6.04. The summed E-state index contributed by atoms with van der Waals surface area (Å²) >= 11 is 0. The van der Waals surface area contributed by atoms with Gasteiger partial charge in [0, 0.05) is 35.8 Å². The number of hydrogen-bond acceptors (Lipinski definition) is 4. The number of halogens is 1. The molecule has 7 heteroatoms. The molecule has 0 fully saturated rings. The van der Waals surface area contributed by atoms with Crippen molar-refractivity contribution in [3.05, 3.63) is 114 Å². The maximum Gasteiger partial charge on any atom is 0.255 e. The Bertz CT molecular complexity index is 1230. The third-order valence-electron chi connectivity index (χ3n) is 4.69. The standard InChI is InChI=1S/C25H19FN4O2/c26-21-11-9-19(10-12-21)25(32)30-22-8-4-5-17(13-22)14-29-24(31)20-15-27-23(28-16-20)18-6-2-1-3-7-18/h1-13,15-16H,14H2,(H,29,31)(H,30,32). The van der Waals surface area contributed by atoms with Gasteiger partial charge in [0.1, 0.15) is 5.82 Å². The molecule has 4 aromatic rings. The molecule has 0 saturated carbocycles. The van der Waals surface area contributed by atoms with Gasteiger partial charge in [-0.1, -0.05) is 42.5 Å². The van der Waals surface area contributed by atoms with Gasteiger partial charge in [-0.3, -0.25) is 9.59 Å². The molecule has 1 heterocycles. The summed E-state index contributed by atoms with van der Waals surface area (Å²) in [5.41, 5.74) is 2.95. The number of carbonyl (C=O) groups excluding carboxylic acids is 2. The van der Waals surface area contributed by atoms with Crippen LogP contribution in [0.4, 0.5) is 10.1 Å². The van der Waals surface area contributed by atoms with E-state index in [1.54, 1.807) is 18.2 Å². The Morgan fingerprint density at radius 1 is 0.781 bits per heavy atom. The highest BCUT2D eigenvalue weighted by Crippen LogP contribution is 2.15. The van der Waals surface area contributed by atoms with E-state index in [4.69, 9.17) is 0 Å². The fraction of sp³-hybridized carbons (Fsp3) is 0.0400. The summed E-state index contributed by atoms with van der Waals surface area (Å²) in [7, 11) is 0. The summed E-state index contributed by atoms with van der Waals surface area (Å²) in [6.45, 7) is 0.263. The van der Waals surface area contributed by atoms with E-state index in [0.717, 1.165) is 11.1 Å². The number of anilines is 1. The summed E-state index contributed by atoms with van der Waals surface area (Å²) in [5.74, 6) is -0.502. The third kappa shape index (κ3) is 5.20. The first kappa shape index (κ1) is 20.9. The molecular weight excluding hydrogens is 407 g/mol. The molecule has 0 saturated heterocycles. The third-order valence-corrected chi connectivity index (χ3v) is 4.69. The van der Waals surface area contributed by atoms with E-state index in [1.807, 2.05) is 36.4 Å². The van der Waals surface area contributed by atoms with Gasteiger partial charge in [0.05, 0.1) is 5.56 Å². The predicted molar refractivity (Wildman–Crippen MR) is 119 cm³/mol. The monoisotopic (exact) mass is 426 g/mol. The fourth-order valence-corrected chi connectivity index (χ4v) is 3.03. The normalized spacial score (nSPS) is 10.4. The fourth-order valence-electron chi connectivity index (χ4n) is 3.03. The molecule has 4 rings (SSSR count). The Labute approximate surface area is 184 Å². The summed E-state index contributed by atoms with van der Waals surface area (Å²) < 4.78 is 13.0. The number of nitrogens with one attached hydrogen (secondary N) is 2. The van der Waals surface area contributed by atoms with Gasteiger partial charge in [-0.25, -0.2) is 14.4 Å². The average Bonchev–Trinajstić information content (AvgIpc) is 2.84. The second-order valence-electron chi connectivity index (χ2n) is 7.01. The molecule has 0 aliphatic carbocycles. The minimum absolute atomic E-state index is 0.263. The Morgan fingerprint density at radius 2 is 1.50 bits per heavy atom. The number of carbonyl (C=O) groups is 2. The van der Waals surface area contributed by atoms with Crippen molar-refractivity contribution in [3.63, 3.8) is 0 Å². The summed E-state index contributed by atoms with van der Waals surface area (Å²) in [6.07, 6.45) is 2.98. The number of rotatable bonds is 6. The molecule has 0 radical (unpaired) electrons. The van der Waals surface area contributed by atoms with Crippen LogP contribution in [0.2, 0.25) is 0 Å². The zero-order valence-corrected chi connectivity index (χ0v) is 17.0. The predicted octanol–water partition coefficient (Wildman–Crippen LogP) is 4.47. The molecule has 2 amide bonds. The molecule has 6 nitrogen and oxygen atoms in total. The number of nitrogens with zero attached hydrogens (tertiary/aromatic N) is 2. The van der Waals surface area contributed by atoms with Gasteiger partial charge in [-0.05, 0) is 42.0 Å². The van der Waals surface area contributed by atoms with Gasteiger partial charge in [0.2, 0.25) is 0 Å². The lowest BCUT2D eigenvalue weighted by Gasteiger charge is -2.09. The lowest BCUT2D eigenvalue weighted by Crippen LogP contribution is -2.23. The van der Waals surface area contributed by atoms with Crippen molar-refractivity contribution >= 4 is 17.5 Å². The van der Waals surface area contributed by atoms with E-state index < -0.39 is 5.82 Å². The summed E-state index contributed by atoms with van der Waals surface area (Å²) in [4.78, 5) is 33.3. The van der Waals surface area contributed by atoms with Crippen LogP contribution in [0.15, 0.2) is 91.3 Å².